The molecule has 0 radical (unpaired) electrons. The topological polar surface area (TPSA) is 71.5 Å². The summed E-state index contributed by atoms with van der Waals surface area (Å²) in [5, 5.41) is 14.9. The molecule has 0 saturated carbocycles. The molecule has 5 nitrogen and oxygen atoms in total. The zero-order valence-corrected chi connectivity index (χ0v) is 9.64. The normalized spacial score (nSPS) is 12.7. The summed E-state index contributed by atoms with van der Waals surface area (Å²) in [6.07, 6.45) is -4.66. The van der Waals surface area contributed by atoms with Crippen molar-refractivity contribution in [3.8, 4) is 11.4 Å². The predicted octanol–water partition coefficient (Wildman–Crippen LogP) is 2.95. The molecule has 0 aliphatic rings. The van der Waals surface area contributed by atoms with Crippen molar-refractivity contribution >= 4 is 5.71 Å². The summed E-state index contributed by atoms with van der Waals surface area (Å²) in [6.45, 7) is 1.59. The van der Waals surface area contributed by atoms with Crippen LogP contribution in [0.25, 0.3) is 11.4 Å². The third-order valence-corrected chi connectivity index (χ3v) is 2.38. The van der Waals surface area contributed by atoms with Gasteiger partial charge in [-0.2, -0.15) is 18.2 Å². The number of nitrogens with zero attached hydrogens (tertiary/aromatic N) is 3. The molecule has 1 aromatic heterocycles. The first kappa shape index (κ1) is 13.1. The van der Waals surface area contributed by atoms with Gasteiger partial charge in [-0.1, -0.05) is 34.6 Å². The Balaban J connectivity index is 2.30. The van der Waals surface area contributed by atoms with Crippen LogP contribution in [-0.2, 0) is 6.18 Å². The Hall–Kier alpha value is -2.38. The maximum Gasteiger partial charge on any atom is 0.471 e. The second-order valence-electron chi connectivity index (χ2n) is 3.68. The lowest BCUT2D eigenvalue weighted by Gasteiger charge is -1.99. The van der Waals surface area contributed by atoms with Crippen molar-refractivity contribution in [3.05, 3.63) is 35.7 Å². The molecular weight excluding hydrogens is 263 g/mol. The summed E-state index contributed by atoms with van der Waals surface area (Å²) in [5.74, 6) is -1.54. The molecule has 2 aromatic rings. The molecule has 1 N–H and O–H groups in total. The van der Waals surface area contributed by atoms with Crippen molar-refractivity contribution in [1.29, 1.82) is 0 Å². The lowest BCUT2D eigenvalue weighted by atomic mass is 10.1. The van der Waals surface area contributed by atoms with E-state index in [0.29, 0.717) is 16.8 Å². The molecule has 0 saturated heterocycles. The SMILES string of the molecule is C/C(=N/O)c1ccc(-c2noc(C(F)(F)F)n2)cc1. The molecule has 0 spiro atoms. The second-order valence-corrected chi connectivity index (χ2v) is 3.68. The highest BCUT2D eigenvalue weighted by molar-refractivity contribution is 5.98. The van der Waals surface area contributed by atoms with Gasteiger partial charge in [-0.25, -0.2) is 0 Å². The first-order valence-electron chi connectivity index (χ1n) is 5.12. The summed E-state index contributed by atoms with van der Waals surface area (Å²) in [5.41, 5.74) is 1.38. The minimum Gasteiger partial charge on any atom is -0.411 e. The van der Waals surface area contributed by atoms with Gasteiger partial charge in [0.05, 0.1) is 5.71 Å². The molecule has 8 heteroatoms. The van der Waals surface area contributed by atoms with E-state index < -0.39 is 12.1 Å². The van der Waals surface area contributed by atoms with Gasteiger partial charge >= 0.3 is 12.1 Å². The zero-order chi connectivity index (χ0) is 14.0. The largest absolute Gasteiger partial charge is 0.471 e. The highest BCUT2D eigenvalue weighted by Gasteiger charge is 2.38. The molecule has 1 aromatic carbocycles. The zero-order valence-electron chi connectivity index (χ0n) is 9.64. The van der Waals surface area contributed by atoms with Gasteiger partial charge in [-0.3, -0.25) is 0 Å². The molecule has 0 aliphatic heterocycles. The van der Waals surface area contributed by atoms with Crippen molar-refractivity contribution in [3.63, 3.8) is 0 Å². The van der Waals surface area contributed by atoms with Gasteiger partial charge in [-0.05, 0) is 12.5 Å². The van der Waals surface area contributed by atoms with Crippen molar-refractivity contribution < 1.29 is 22.9 Å². The fraction of sp³-hybridized carbons (Fsp3) is 0.182. The van der Waals surface area contributed by atoms with Crippen LogP contribution in [-0.4, -0.2) is 21.1 Å². The summed E-state index contributed by atoms with van der Waals surface area (Å²) < 4.78 is 41.0. The molecule has 0 atom stereocenters. The van der Waals surface area contributed by atoms with Crippen LogP contribution in [0.3, 0.4) is 0 Å². The van der Waals surface area contributed by atoms with Crippen molar-refractivity contribution in [2.24, 2.45) is 5.16 Å². The van der Waals surface area contributed by atoms with Crippen LogP contribution < -0.4 is 0 Å². The minimum atomic E-state index is -4.66. The van der Waals surface area contributed by atoms with Crippen molar-refractivity contribution in [1.82, 2.24) is 10.1 Å². The predicted molar refractivity (Wildman–Crippen MR) is 58.7 cm³/mol. The van der Waals surface area contributed by atoms with Crippen LogP contribution in [0.15, 0.2) is 33.9 Å². The van der Waals surface area contributed by atoms with Gasteiger partial charge in [-0.15, -0.1) is 0 Å². The summed E-state index contributed by atoms with van der Waals surface area (Å²) in [6, 6.07) is 6.17. The third-order valence-electron chi connectivity index (χ3n) is 2.38. The van der Waals surface area contributed by atoms with Crippen molar-refractivity contribution in [2.45, 2.75) is 13.1 Å². The smallest absolute Gasteiger partial charge is 0.411 e. The monoisotopic (exact) mass is 271 g/mol. The Kier molecular flexibility index (Phi) is 3.24. The van der Waals surface area contributed by atoms with Crippen LogP contribution in [0.1, 0.15) is 18.4 Å². The van der Waals surface area contributed by atoms with Crippen LogP contribution in [0.5, 0.6) is 0 Å². The Bertz CT molecular complexity index is 602. The molecule has 0 bridgehead atoms. The van der Waals surface area contributed by atoms with E-state index in [2.05, 4.69) is 19.8 Å². The highest BCUT2D eigenvalue weighted by Crippen LogP contribution is 2.29. The van der Waals surface area contributed by atoms with Gasteiger partial charge in [0.1, 0.15) is 0 Å². The lowest BCUT2D eigenvalue weighted by molar-refractivity contribution is -0.159. The number of hydrogen-bond donors (Lipinski definition) is 1. The number of rotatable bonds is 2. The van der Waals surface area contributed by atoms with E-state index in [9.17, 15) is 13.2 Å². The summed E-state index contributed by atoms with van der Waals surface area (Å²) in [7, 11) is 0. The first-order valence-corrected chi connectivity index (χ1v) is 5.12. The number of oxime groups is 1. The van der Waals surface area contributed by atoms with Gasteiger partial charge in [0.25, 0.3) is 0 Å². The summed E-state index contributed by atoms with van der Waals surface area (Å²) in [4.78, 5) is 3.26. The Labute approximate surface area is 105 Å². The van der Waals surface area contributed by atoms with E-state index >= 15 is 0 Å². The number of aromatic nitrogens is 2. The van der Waals surface area contributed by atoms with Crippen LogP contribution in [0.4, 0.5) is 13.2 Å². The lowest BCUT2D eigenvalue weighted by Crippen LogP contribution is -2.04. The second kappa shape index (κ2) is 4.71. The Morgan fingerprint density at radius 1 is 1.26 bits per heavy atom. The number of hydrogen-bond acceptors (Lipinski definition) is 5. The van der Waals surface area contributed by atoms with E-state index in [1.54, 1.807) is 19.1 Å². The molecule has 19 heavy (non-hydrogen) atoms. The maximum atomic E-state index is 12.3. The van der Waals surface area contributed by atoms with Gasteiger partial charge in [0.2, 0.25) is 5.82 Å². The molecule has 1 heterocycles. The van der Waals surface area contributed by atoms with E-state index in [1.165, 1.54) is 12.1 Å². The van der Waals surface area contributed by atoms with Gasteiger partial charge in [0.15, 0.2) is 0 Å². The Morgan fingerprint density at radius 3 is 2.37 bits per heavy atom. The minimum absolute atomic E-state index is 0.155. The average molecular weight is 271 g/mol. The van der Waals surface area contributed by atoms with Gasteiger partial charge < -0.3 is 9.73 Å². The maximum absolute atomic E-state index is 12.3. The Morgan fingerprint density at radius 2 is 1.89 bits per heavy atom. The number of alkyl halides is 3. The molecular formula is C11H8F3N3O2. The summed E-state index contributed by atoms with van der Waals surface area (Å²) >= 11 is 0. The molecule has 0 unspecified atom stereocenters. The van der Waals surface area contributed by atoms with Gasteiger partial charge in [0, 0.05) is 5.56 Å². The fourth-order valence-electron chi connectivity index (χ4n) is 1.37. The third kappa shape index (κ3) is 2.72. The molecule has 0 fully saturated rings. The molecule has 100 valence electrons. The van der Waals surface area contributed by atoms with Crippen LogP contribution in [0, 0.1) is 0 Å². The van der Waals surface area contributed by atoms with Crippen LogP contribution in [0.2, 0.25) is 0 Å². The van der Waals surface area contributed by atoms with Crippen LogP contribution >= 0.6 is 0 Å². The van der Waals surface area contributed by atoms with E-state index in [1.807, 2.05) is 0 Å². The molecule has 0 amide bonds. The van der Waals surface area contributed by atoms with E-state index in [0.717, 1.165) is 0 Å². The van der Waals surface area contributed by atoms with E-state index in [-0.39, 0.29) is 5.82 Å². The molecule has 0 aliphatic carbocycles. The van der Waals surface area contributed by atoms with E-state index in [4.69, 9.17) is 5.21 Å². The van der Waals surface area contributed by atoms with Crippen molar-refractivity contribution in [2.75, 3.05) is 0 Å². The quantitative estimate of drug-likeness (QED) is 0.518. The average Bonchev–Trinajstić information content (AvgIpc) is 2.87. The fourth-order valence-corrected chi connectivity index (χ4v) is 1.37. The number of benzene rings is 1. The molecule has 2 rings (SSSR count). The highest BCUT2D eigenvalue weighted by atomic mass is 19.4. The standard InChI is InChI=1S/C11H8F3N3O2/c1-6(16-18)7-2-4-8(5-3-7)9-15-10(19-17-9)11(12,13)14/h2-5,18H,1H3/b16-6-. The first-order chi connectivity index (χ1) is 8.91. The number of halogens is 3.